The monoisotopic (exact) mass is 296 g/mol. The molecule has 0 saturated heterocycles. The van der Waals surface area contributed by atoms with E-state index in [1.54, 1.807) is 18.2 Å². The van der Waals surface area contributed by atoms with Gasteiger partial charge in [-0.25, -0.2) is 13.6 Å². The first-order valence-corrected chi connectivity index (χ1v) is 8.16. The van der Waals surface area contributed by atoms with Crippen molar-refractivity contribution in [3.05, 3.63) is 36.4 Å². The van der Waals surface area contributed by atoms with E-state index >= 15 is 0 Å². The molecule has 1 atom stereocenters. The van der Waals surface area contributed by atoms with Gasteiger partial charge in [-0.3, -0.25) is 0 Å². The second-order valence-electron chi connectivity index (χ2n) is 5.05. The number of primary sulfonamides is 1. The molecule has 0 spiro atoms. The van der Waals surface area contributed by atoms with E-state index in [0.29, 0.717) is 13.0 Å². The number of hydrogen-bond donors (Lipinski definition) is 2. The van der Waals surface area contributed by atoms with Gasteiger partial charge in [0.15, 0.2) is 0 Å². The molecule has 6 heteroatoms. The molecule has 1 aromatic rings. The molecule has 0 saturated carbocycles. The molecule has 1 unspecified atom stereocenters. The Bertz CT molecular complexity index is 598. The standard InChI is InChI=1S/C14H20N2O3S/c1-2-3-4-12(17)10-16-8-7-11-5-6-13(9-14(11)16)20(15,18)19/h2,5-6,9,12,17H,1,3-4,7-8,10H2,(H2,15,18,19). The number of anilines is 1. The van der Waals surface area contributed by atoms with Gasteiger partial charge >= 0.3 is 0 Å². The van der Waals surface area contributed by atoms with Crippen LogP contribution < -0.4 is 10.0 Å². The number of benzene rings is 1. The van der Waals surface area contributed by atoms with E-state index in [2.05, 4.69) is 6.58 Å². The number of fused-ring (bicyclic) bond motifs is 1. The summed E-state index contributed by atoms with van der Waals surface area (Å²) in [5.41, 5.74) is 1.95. The Kier molecular flexibility index (Phi) is 4.47. The molecule has 0 bridgehead atoms. The highest BCUT2D eigenvalue weighted by atomic mass is 32.2. The van der Waals surface area contributed by atoms with E-state index in [9.17, 15) is 13.5 Å². The lowest BCUT2D eigenvalue weighted by Gasteiger charge is -2.23. The van der Waals surface area contributed by atoms with Gasteiger partial charge in [0.2, 0.25) is 10.0 Å². The second-order valence-corrected chi connectivity index (χ2v) is 6.61. The summed E-state index contributed by atoms with van der Waals surface area (Å²) in [5.74, 6) is 0. The minimum absolute atomic E-state index is 0.115. The van der Waals surface area contributed by atoms with Crippen LogP contribution in [0, 0.1) is 0 Å². The van der Waals surface area contributed by atoms with Crippen LogP contribution in [0.2, 0.25) is 0 Å². The number of sulfonamides is 1. The molecule has 1 heterocycles. The SMILES string of the molecule is C=CCCC(O)CN1CCc2ccc(S(N)(=O)=O)cc21. The maximum absolute atomic E-state index is 11.4. The molecular formula is C14H20N2O3S. The fraction of sp³-hybridized carbons (Fsp3) is 0.429. The Morgan fingerprint density at radius 1 is 1.50 bits per heavy atom. The van der Waals surface area contributed by atoms with Gasteiger partial charge in [-0.1, -0.05) is 12.1 Å². The lowest BCUT2D eigenvalue weighted by molar-refractivity contribution is 0.171. The smallest absolute Gasteiger partial charge is 0.238 e. The number of nitrogens with zero attached hydrogens (tertiary/aromatic N) is 1. The van der Waals surface area contributed by atoms with Crippen LogP contribution in [0.15, 0.2) is 35.7 Å². The highest BCUT2D eigenvalue weighted by molar-refractivity contribution is 7.89. The van der Waals surface area contributed by atoms with Crippen molar-refractivity contribution in [2.75, 3.05) is 18.0 Å². The third-order valence-electron chi connectivity index (χ3n) is 3.51. The van der Waals surface area contributed by atoms with Crippen molar-refractivity contribution in [2.24, 2.45) is 5.14 Å². The fourth-order valence-electron chi connectivity index (χ4n) is 2.45. The summed E-state index contributed by atoms with van der Waals surface area (Å²) >= 11 is 0. The Labute approximate surface area is 119 Å². The number of β-amino-alcohol motifs (C(OH)–C–C–N with tert-alkyl or cyclic N) is 1. The van der Waals surface area contributed by atoms with E-state index in [1.165, 1.54) is 6.07 Å². The second kappa shape index (κ2) is 5.95. The van der Waals surface area contributed by atoms with Gasteiger partial charge in [0, 0.05) is 18.8 Å². The Balaban J connectivity index is 2.16. The molecule has 3 N–H and O–H groups in total. The third kappa shape index (κ3) is 3.39. The van der Waals surface area contributed by atoms with E-state index in [0.717, 1.165) is 30.6 Å². The summed E-state index contributed by atoms with van der Waals surface area (Å²) < 4.78 is 22.8. The van der Waals surface area contributed by atoms with E-state index in [4.69, 9.17) is 5.14 Å². The molecule has 1 aliphatic heterocycles. The number of aliphatic hydroxyl groups is 1. The van der Waals surface area contributed by atoms with Crippen LogP contribution in [-0.2, 0) is 16.4 Å². The first-order valence-electron chi connectivity index (χ1n) is 6.61. The average molecular weight is 296 g/mol. The van der Waals surface area contributed by atoms with Crippen molar-refractivity contribution in [2.45, 2.75) is 30.3 Å². The van der Waals surface area contributed by atoms with E-state index in [1.807, 2.05) is 4.90 Å². The summed E-state index contributed by atoms with van der Waals surface area (Å²) in [7, 11) is -3.69. The zero-order valence-corrected chi connectivity index (χ0v) is 12.1. The van der Waals surface area contributed by atoms with Gasteiger partial charge in [0.1, 0.15) is 0 Å². The maximum atomic E-state index is 11.4. The highest BCUT2D eigenvalue weighted by Gasteiger charge is 2.23. The van der Waals surface area contributed by atoms with Crippen molar-refractivity contribution in [1.29, 1.82) is 0 Å². The predicted octanol–water partition coefficient (Wildman–Crippen LogP) is 1.02. The van der Waals surface area contributed by atoms with Gasteiger partial charge in [-0.15, -0.1) is 6.58 Å². The first kappa shape index (κ1) is 15.0. The molecule has 5 nitrogen and oxygen atoms in total. The molecule has 20 heavy (non-hydrogen) atoms. The number of aliphatic hydroxyl groups excluding tert-OH is 1. The lowest BCUT2D eigenvalue weighted by Crippen LogP contribution is -2.31. The van der Waals surface area contributed by atoms with Crippen molar-refractivity contribution in [3.63, 3.8) is 0 Å². The average Bonchev–Trinajstić information content (AvgIpc) is 2.78. The quantitative estimate of drug-likeness (QED) is 0.768. The van der Waals surface area contributed by atoms with Gasteiger partial charge in [-0.05, 0) is 37.0 Å². The van der Waals surface area contributed by atoms with Crippen molar-refractivity contribution in [1.82, 2.24) is 0 Å². The van der Waals surface area contributed by atoms with Gasteiger partial charge in [0.25, 0.3) is 0 Å². The Hall–Kier alpha value is -1.37. The molecule has 0 aromatic heterocycles. The van der Waals surface area contributed by atoms with Gasteiger partial charge < -0.3 is 10.0 Å². The third-order valence-corrected chi connectivity index (χ3v) is 4.42. The molecule has 0 amide bonds. The molecule has 0 radical (unpaired) electrons. The summed E-state index contributed by atoms with van der Waals surface area (Å²) in [6.07, 6.45) is 3.61. The normalized spacial score (nSPS) is 16.0. The van der Waals surface area contributed by atoms with Crippen molar-refractivity contribution in [3.8, 4) is 0 Å². The minimum atomic E-state index is -3.69. The molecule has 110 valence electrons. The number of hydrogen-bond acceptors (Lipinski definition) is 4. The van der Waals surface area contributed by atoms with Crippen LogP contribution in [0.4, 0.5) is 5.69 Å². The summed E-state index contributed by atoms with van der Waals surface area (Å²) in [6.45, 7) is 4.91. The van der Waals surface area contributed by atoms with Gasteiger partial charge in [0.05, 0.1) is 11.0 Å². The predicted molar refractivity (Wildman–Crippen MR) is 79.2 cm³/mol. The summed E-state index contributed by atoms with van der Waals surface area (Å²) in [6, 6.07) is 4.93. The first-order chi connectivity index (χ1) is 9.41. The van der Waals surface area contributed by atoms with E-state index in [-0.39, 0.29) is 4.90 Å². The molecule has 1 aliphatic rings. The largest absolute Gasteiger partial charge is 0.391 e. The lowest BCUT2D eigenvalue weighted by atomic mass is 10.1. The molecule has 2 rings (SSSR count). The topological polar surface area (TPSA) is 83.6 Å². The molecular weight excluding hydrogens is 276 g/mol. The zero-order valence-electron chi connectivity index (χ0n) is 11.3. The molecule has 0 aliphatic carbocycles. The molecule has 0 fully saturated rings. The fourth-order valence-corrected chi connectivity index (χ4v) is 2.98. The van der Waals surface area contributed by atoms with Crippen LogP contribution in [0.25, 0.3) is 0 Å². The van der Waals surface area contributed by atoms with Crippen LogP contribution in [0.5, 0.6) is 0 Å². The van der Waals surface area contributed by atoms with Crippen LogP contribution in [0.3, 0.4) is 0 Å². The zero-order chi connectivity index (χ0) is 14.8. The Morgan fingerprint density at radius 3 is 2.90 bits per heavy atom. The van der Waals surface area contributed by atoms with Crippen molar-refractivity contribution >= 4 is 15.7 Å². The number of rotatable bonds is 6. The summed E-state index contributed by atoms with van der Waals surface area (Å²) in [4.78, 5) is 2.13. The van der Waals surface area contributed by atoms with Crippen LogP contribution >= 0.6 is 0 Å². The van der Waals surface area contributed by atoms with Crippen molar-refractivity contribution < 1.29 is 13.5 Å². The highest BCUT2D eigenvalue weighted by Crippen LogP contribution is 2.30. The van der Waals surface area contributed by atoms with Crippen LogP contribution in [-0.4, -0.2) is 32.7 Å². The maximum Gasteiger partial charge on any atom is 0.238 e. The van der Waals surface area contributed by atoms with Crippen LogP contribution in [0.1, 0.15) is 18.4 Å². The minimum Gasteiger partial charge on any atom is -0.391 e. The molecule has 1 aromatic carbocycles. The number of allylic oxidation sites excluding steroid dienone is 1. The van der Waals surface area contributed by atoms with E-state index < -0.39 is 16.1 Å². The number of nitrogens with two attached hydrogens (primary N) is 1. The Morgan fingerprint density at radius 2 is 2.25 bits per heavy atom. The summed E-state index contributed by atoms with van der Waals surface area (Å²) in [5, 5.41) is 15.1. The van der Waals surface area contributed by atoms with Gasteiger partial charge in [-0.2, -0.15) is 0 Å².